The van der Waals surface area contributed by atoms with Crippen LogP contribution in [0.25, 0.3) is 0 Å². The molecule has 2 rings (SSSR count). The maximum absolute atomic E-state index is 11.1. The molecule has 2 N–H and O–H groups in total. The average molecular weight is 254 g/mol. The van der Waals surface area contributed by atoms with Gasteiger partial charge >= 0.3 is 5.97 Å². The Morgan fingerprint density at radius 2 is 2.00 bits per heavy atom. The van der Waals surface area contributed by atoms with Crippen LogP contribution in [-0.2, 0) is 11.3 Å². The molecule has 0 saturated heterocycles. The summed E-state index contributed by atoms with van der Waals surface area (Å²) in [5.74, 6) is -0.674. The molecule has 0 bridgehead atoms. The number of halogens is 1. The Morgan fingerprint density at radius 3 is 2.47 bits per heavy atom. The van der Waals surface area contributed by atoms with Gasteiger partial charge in [0.1, 0.15) is 0 Å². The summed E-state index contributed by atoms with van der Waals surface area (Å²) in [6.07, 6.45) is 2.60. The number of aliphatic carboxylic acids is 1. The number of rotatable bonds is 5. The van der Waals surface area contributed by atoms with E-state index in [2.05, 4.69) is 5.32 Å². The van der Waals surface area contributed by atoms with E-state index >= 15 is 0 Å². The topological polar surface area (TPSA) is 49.3 Å². The normalized spacial score (nSPS) is 17.5. The third kappa shape index (κ3) is 2.79. The highest BCUT2D eigenvalue weighted by atomic mass is 35.5. The molecule has 0 radical (unpaired) electrons. The lowest BCUT2D eigenvalue weighted by molar-refractivity contribution is -0.154. The maximum Gasteiger partial charge on any atom is 0.310 e. The molecule has 0 aliphatic heterocycles. The fraction of sp³-hybridized carbons (Fsp3) is 0.462. The van der Waals surface area contributed by atoms with Gasteiger partial charge in [0.2, 0.25) is 0 Å². The summed E-state index contributed by atoms with van der Waals surface area (Å²) in [7, 11) is 0. The molecule has 0 spiro atoms. The van der Waals surface area contributed by atoms with Crippen molar-refractivity contribution in [3.05, 3.63) is 34.9 Å². The van der Waals surface area contributed by atoms with Crippen LogP contribution in [0.1, 0.15) is 24.8 Å². The summed E-state index contributed by atoms with van der Waals surface area (Å²) in [6, 6.07) is 7.58. The van der Waals surface area contributed by atoms with Crippen molar-refractivity contribution in [2.75, 3.05) is 6.54 Å². The smallest absolute Gasteiger partial charge is 0.310 e. The molecule has 1 aliphatic carbocycles. The first kappa shape index (κ1) is 12.4. The first-order chi connectivity index (χ1) is 8.12. The zero-order chi connectivity index (χ0) is 12.3. The molecule has 17 heavy (non-hydrogen) atoms. The van der Waals surface area contributed by atoms with Gasteiger partial charge in [0, 0.05) is 18.1 Å². The Labute approximate surface area is 106 Å². The molecular weight excluding hydrogens is 238 g/mol. The van der Waals surface area contributed by atoms with Crippen molar-refractivity contribution < 1.29 is 9.90 Å². The minimum atomic E-state index is -0.674. The minimum Gasteiger partial charge on any atom is -0.481 e. The zero-order valence-corrected chi connectivity index (χ0v) is 10.3. The third-order valence-electron chi connectivity index (χ3n) is 3.47. The van der Waals surface area contributed by atoms with Gasteiger partial charge in [0.05, 0.1) is 5.41 Å². The van der Waals surface area contributed by atoms with Gasteiger partial charge in [-0.2, -0.15) is 0 Å². The largest absolute Gasteiger partial charge is 0.481 e. The van der Waals surface area contributed by atoms with E-state index in [1.807, 2.05) is 24.3 Å². The Balaban J connectivity index is 1.83. The van der Waals surface area contributed by atoms with Gasteiger partial charge in [0.15, 0.2) is 0 Å². The van der Waals surface area contributed by atoms with Crippen molar-refractivity contribution >= 4 is 17.6 Å². The highest BCUT2D eigenvalue weighted by Crippen LogP contribution is 2.40. The second kappa shape index (κ2) is 5.07. The van der Waals surface area contributed by atoms with Gasteiger partial charge in [-0.15, -0.1) is 0 Å². The number of carboxylic acid groups (broad SMARTS) is 1. The molecule has 92 valence electrons. The Kier molecular flexibility index (Phi) is 3.69. The van der Waals surface area contributed by atoms with E-state index < -0.39 is 11.4 Å². The standard InChI is InChI=1S/C13H16ClNO2/c14-11-4-2-10(3-5-11)8-15-9-13(12(16)17)6-1-7-13/h2-5,15H,1,6-9H2,(H,16,17). The minimum absolute atomic E-state index is 0.521. The van der Waals surface area contributed by atoms with Crippen LogP contribution in [0, 0.1) is 5.41 Å². The fourth-order valence-electron chi connectivity index (χ4n) is 2.12. The Bertz CT molecular complexity index is 398. The summed E-state index contributed by atoms with van der Waals surface area (Å²) in [6.45, 7) is 1.23. The predicted octanol–water partition coefficient (Wildman–Crippen LogP) is 2.68. The van der Waals surface area contributed by atoms with Gasteiger partial charge in [-0.1, -0.05) is 30.2 Å². The molecule has 1 aromatic carbocycles. The number of carbonyl (C=O) groups is 1. The highest BCUT2D eigenvalue weighted by molar-refractivity contribution is 6.30. The van der Waals surface area contributed by atoms with E-state index in [1.54, 1.807) is 0 Å². The van der Waals surface area contributed by atoms with Crippen LogP contribution in [0.5, 0.6) is 0 Å². The van der Waals surface area contributed by atoms with Crippen molar-refractivity contribution in [2.24, 2.45) is 5.41 Å². The molecule has 0 amide bonds. The van der Waals surface area contributed by atoms with Crippen LogP contribution in [0.3, 0.4) is 0 Å². The first-order valence-electron chi connectivity index (χ1n) is 5.81. The summed E-state index contributed by atoms with van der Waals surface area (Å²) < 4.78 is 0. The van der Waals surface area contributed by atoms with Gasteiger partial charge in [0.25, 0.3) is 0 Å². The Morgan fingerprint density at radius 1 is 1.35 bits per heavy atom. The maximum atomic E-state index is 11.1. The molecule has 0 unspecified atom stereocenters. The fourth-order valence-corrected chi connectivity index (χ4v) is 2.24. The monoisotopic (exact) mass is 253 g/mol. The first-order valence-corrected chi connectivity index (χ1v) is 6.19. The van der Waals surface area contributed by atoms with Crippen LogP contribution in [-0.4, -0.2) is 17.6 Å². The quantitative estimate of drug-likeness (QED) is 0.848. The third-order valence-corrected chi connectivity index (χ3v) is 3.72. The van der Waals surface area contributed by atoms with E-state index in [0.717, 1.165) is 29.8 Å². The van der Waals surface area contributed by atoms with E-state index in [0.29, 0.717) is 13.1 Å². The lowest BCUT2D eigenvalue weighted by Gasteiger charge is -2.37. The van der Waals surface area contributed by atoms with Crippen LogP contribution in [0.4, 0.5) is 0 Å². The van der Waals surface area contributed by atoms with E-state index in [9.17, 15) is 4.79 Å². The van der Waals surface area contributed by atoms with E-state index in [-0.39, 0.29) is 0 Å². The van der Waals surface area contributed by atoms with Crippen molar-refractivity contribution in [1.82, 2.24) is 5.32 Å². The highest BCUT2D eigenvalue weighted by Gasteiger charge is 2.43. The van der Waals surface area contributed by atoms with Gasteiger partial charge in [-0.05, 0) is 30.5 Å². The van der Waals surface area contributed by atoms with Crippen molar-refractivity contribution in [3.63, 3.8) is 0 Å². The van der Waals surface area contributed by atoms with E-state index in [1.165, 1.54) is 0 Å². The Hall–Kier alpha value is -1.06. The number of hydrogen-bond acceptors (Lipinski definition) is 2. The van der Waals surface area contributed by atoms with Crippen molar-refractivity contribution in [2.45, 2.75) is 25.8 Å². The summed E-state index contributed by atoms with van der Waals surface area (Å²) in [5, 5.41) is 13.1. The van der Waals surface area contributed by atoms with Gasteiger partial charge in [-0.3, -0.25) is 4.79 Å². The SMILES string of the molecule is O=C(O)C1(CNCc2ccc(Cl)cc2)CCC1. The number of nitrogens with one attached hydrogen (secondary N) is 1. The van der Waals surface area contributed by atoms with Crippen LogP contribution < -0.4 is 5.32 Å². The van der Waals surface area contributed by atoms with Crippen LogP contribution in [0.15, 0.2) is 24.3 Å². The number of carboxylic acids is 1. The molecule has 4 heteroatoms. The molecule has 1 saturated carbocycles. The lowest BCUT2D eigenvalue weighted by Crippen LogP contribution is -2.45. The van der Waals surface area contributed by atoms with Crippen LogP contribution in [0.2, 0.25) is 5.02 Å². The molecule has 1 aliphatic rings. The molecule has 0 heterocycles. The predicted molar refractivity (Wildman–Crippen MR) is 67.1 cm³/mol. The molecule has 3 nitrogen and oxygen atoms in total. The zero-order valence-electron chi connectivity index (χ0n) is 9.58. The van der Waals surface area contributed by atoms with Crippen LogP contribution >= 0.6 is 11.6 Å². The molecule has 1 aromatic rings. The van der Waals surface area contributed by atoms with Crippen molar-refractivity contribution in [1.29, 1.82) is 0 Å². The summed E-state index contributed by atoms with van der Waals surface area (Å²) in [5.41, 5.74) is 0.598. The number of hydrogen-bond donors (Lipinski definition) is 2. The van der Waals surface area contributed by atoms with Gasteiger partial charge < -0.3 is 10.4 Å². The van der Waals surface area contributed by atoms with Crippen molar-refractivity contribution in [3.8, 4) is 0 Å². The number of benzene rings is 1. The molecule has 0 aromatic heterocycles. The molecular formula is C13H16ClNO2. The average Bonchev–Trinajstić information content (AvgIpc) is 2.24. The second-order valence-electron chi connectivity index (χ2n) is 4.67. The van der Waals surface area contributed by atoms with E-state index in [4.69, 9.17) is 16.7 Å². The second-order valence-corrected chi connectivity index (χ2v) is 5.11. The summed E-state index contributed by atoms with van der Waals surface area (Å²) >= 11 is 5.79. The van der Waals surface area contributed by atoms with Gasteiger partial charge in [-0.25, -0.2) is 0 Å². The lowest BCUT2D eigenvalue weighted by atomic mass is 9.69. The summed E-state index contributed by atoms with van der Waals surface area (Å²) in [4.78, 5) is 11.1. The molecule has 1 fully saturated rings. The molecule has 0 atom stereocenters.